The van der Waals surface area contributed by atoms with Crippen LogP contribution in [0.2, 0.25) is 5.02 Å². The molecule has 3 rings (SSSR count). The van der Waals surface area contributed by atoms with Crippen molar-refractivity contribution in [3.8, 4) is 11.4 Å². The fourth-order valence-electron chi connectivity index (χ4n) is 2.48. The number of hydrogen-bond acceptors (Lipinski definition) is 5. The van der Waals surface area contributed by atoms with Crippen LogP contribution in [0.25, 0.3) is 11.4 Å². The number of aromatic nitrogens is 3. The molecule has 0 spiro atoms. The van der Waals surface area contributed by atoms with Gasteiger partial charge in [0.15, 0.2) is 5.82 Å². The first kappa shape index (κ1) is 14.9. The van der Waals surface area contributed by atoms with E-state index in [0.717, 1.165) is 13.1 Å². The van der Waals surface area contributed by atoms with Gasteiger partial charge >= 0.3 is 0 Å². The van der Waals surface area contributed by atoms with E-state index in [9.17, 15) is 9.18 Å². The molecular weight excluding hydrogens is 309 g/mol. The number of H-pyrrole nitrogens is 1. The number of piperazine rings is 1. The molecule has 1 aliphatic heterocycles. The molecule has 116 valence electrons. The Balaban J connectivity index is 2.09. The topological polar surface area (TPSA) is 73.9 Å². The van der Waals surface area contributed by atoms with E-state index in [2.05, 4.69) is 20.3 Å². The van der Waals surface area contributed by atoms with Gasteiger partial charge in [0.2, 0.25) is 5.95 Å². The first-order valence-electron chi connectivity index (χ1n) is 6.95. The lowest BCUT2D eigenvalue weighted by molar-refractivity contribution is 0.497. The van der Waals surface area contributed by atoms with Crippen molar-refractivity contribution in [3.05, 3.63) is 39.7 Å². The lowest BCUT2D eigenvalue weighted by Crippen LogP contribution is -2.50. The van der Waals surface area contributed by atoms with E-state index in [1.807, 2.05) is 11.8 Å². The second-order valence-corrected chi connectivity index (χ2v) is 5.54. The molecule has 3 heterocycles. The summed E-state index contributed by atoms with van der Waals surface area (Å²) in [5.41, 5.74) is 0.00919. The predicted molar refractivity (Wildman–Crippen MR) is 82.7 cm³/mol. The molecule has 1 atom stereocenters. The van der Waals surface area contributed by atoms with Crippen LogP contribution < -0.4 is 15.8 Å². The van der Waals surface area contributed by atoms with E-state index in [0.29, 0.717) is 17.9 Å². The number of nitrogens with zero attached hydrogens (tertiary/aromatic N) is 3. The SMILES string of the molecule is C[C@H]1CNCCN1c1nc(-c2ccnc(F)c2)[nH]c(=O)c1Cl. The van der Waals surface area contributed by atoms with Crippen molar-refractivity contribution in [1.29, 1.82) is 0 Å². The van der Waals surface area contributed by atoms with Crippen LogP contribution >= 0.6 is 11.6 Å². The molecule has 0 aliphatic carbocycles. The lowest BCUT2D eigenvalue weighted by Gasteiger charge is -2.35. The molecule has 0 saturated carbocycles. The second-order valence-electron chi connectivity index (χ2n) is 5.17. The van der Waals surface area contributed by atoms with Crippen LogP contribution in [0.15, 0.2) is 23.1 Å². The Labute approximate surface area is 131 Å². The smallest absolute Gasteiger partial charge is 0.272 e. The van der Waals surface area contributed by atoms with Crippen LogP contribution in [0.4, 0.5) is 10.2 Å². The van der Waals surface area contributed by atoms with Crippen LogP contribution in [-0.2, 0) is 0 Å². The van der Waals surface area contributed by atoms with E-state index in [4.69, 9.17) is 11.6 Å². The fourth-order valence-corrected chi connectivity index (χ4v) is 2.68. The van der Waals surface area contributed by atoms with E-state index in [1.54, 1.807) is 6.07 Å². The van der Waals surface area contributed by atoms with Crippen LogP contribution in [0.1, 0.15) is 6.92 Å². The van der Waals surface area contributed by atoms with Crippen LogP contribution in [-0.4, -0.2) is 40.6 Å². The van der Waals surface area contributed by atoms with Gasteiger partial charge in [-0.2, -0.15) is 4.39 Å². The molecule has 0 amide bonds. The van der Waals surface area contributed by atoms with Crippen LogP contribution in [0, 0.1) is 5.95 Å². The Bertz CT molecular complexity index is 750. The number of halogens is 2. The molecular formula is C14H15ClFN5O. The summed E-state index contributed by atoms with van der Waals surface area (Å²) >= 11 is 6.13. The monoisotopic (exact) mass is 323 g/mol. The summed E-state index contributed by atoms with van der Waals surface area (Å²) < 4.78 is 13.3. The zero-order valence-electron chi connectivity index (χ0n) is 11.9. The Morgan fingerprint density at radius 3 is 3.05 bits per heavy atom. The molecule has 0 bridgehead atoms. The van der Waals surface area contributed by atoms with Gasteiger partial charge in [0.25, 0.3) is 5.56 Å². The zero-order valence-corrected chi connectivity index (χ0v) is 12.7. The minimum absolute atomic E-state index is 0.0482. The standard InChI is InChI=1S/C14H15ClFN5O/c1-8-7-17-4-5-21(8)13-11(15)14(22)20-12(19-13)9-2-3-18-10(16)6-9/h2-3,6,8,17H,4-5,7H2,1H3,(H,19,20,22)/t8-/m0/s1. The molecule has 1 fully saturated rings. The third-order valence-electron chi connectivity index (χ3n) is 3.62. The number of hydrogen-bond donors (Lipinski definition) is 2. The highest BCUT2D eigenvalue weighted by atomic mass is 35.5. The summed E-state index contributed by atoms with van der Waals surface area (Å²) in [4.78, 5) is 24.6. The molecule has 0 aromatic carbocycles. The van der Waals surface area contributed by atoms with Crippen molar-refractivity contribution in [2.75, 3.05) is 24.5 Å². The quantitative estimate of drug-likeness (QED) is 0.818. The van der Waals surface area contributed by atoms with E-state index < -0.39 is 11.5 Å². The lowest BCUT2D eigenvalue weighted by atomic mass is 10.2. The normalized spacial score (nSPS) is 18.5. The van der Waals surface area contributed by atoms with Crippen molar-refractivity contribution < 1.29 is 4.39 Å². The fraction of sp³-hybridized carbons (Fsp3) is 0.357. The van der Waals surface area contributed by atoms with Crippen LogP contribution in [0.5, 0.6) is 0 Å². The molecule has 1 aliphatic rings. The van der Waals surface area contributed by atoms with Gasteiger partial charge in [-0.1, -0.05) is 11.6 Å². The Morgan fingerprint density at radius 2 is 2.32 bits per heavy atom. The zero-order chi connectivity index (χ0) is 15.7. The minimum Gasteiger partial charge on any atom is -0.350 e. The predicted octanol–water partition coefficient (Wildman–Crippen LogP) is 1.42. The van der Waals surface area contributed by atoms with Crippen LogP contribution in [0.3, 0.4) is 0 Å². The molecule has 2 aromatic rings. The van der Waals surface area contributed by atoms with Gasteiger partial charge in [-0.05, 0) is 13.0 Å². The summed E-state index contributed by atoms with van der Waals surface area (Å²) in [7, 11) is 0. The number of pyridine rings is 1. The van der Waals surface area contributed by atoms with Gasteiger partial charge in [0.1, 0.15) is 10.8 Å². The number of rotatable bonds is 2. The maximum atomic E-state index is 13.3. The maximum Gasteiger partial charge on any atom is 0.272 e. The van der Waals surface area contributed by atoms with Gasteiger partial charge in [0, 0.05) is 43.5 Å². The average molecular weight is 324 g/mol. The first-order chi connectivity index (χ1) is 10.6. The molecule has 1 saturated heterocycles. The van der Waals surface area contributed by atoms with Crippen molar-refractivity contribution in [2.24, 2.45) is 0 Å². The molecule has 2 N–H and O–H groups in total. The third-order valence-corrected chi connectivity index (χ3v) is 3.96. The van der Waals surface area contributed by atoms with Crippen molar-refractivity contribution in [3.63, 3.8) is 0 Å². The summed E-state index contributed by atoms with van der Waals surface area (Å²) in [6.07, 6.45) is 1.33. The number of anilines is 1. The van der Waals surface area contributed by atoms with E-state index in [-0.39, 0.29) is 16.9 Å². The summed E-state index contributed by atoms with van der Waals surface area (Å²) in [6, 6.07) is 2.96. The van der Waals surface area contributed by atoms with Crippen molar-refractivity contribution in [1.82, 2.24) is 20.3 Å². The largest absolute Gasteiger partial charge is 0.350 e. The molecule has 2 aromatic heterocycles. The summed E-state index contributed by atoms with van der Waals surface area (Å²) in [5.74, 6) is 0.0651. The molecule has 0 radical (unpaired) electrons. The first-order valence-corrected chi connectivity index (χ1v) is 7.33. The summed E-state index contributed by atoms with van der Waals surface area (Å²) in [5, 5.41) is 3.31. The number of aromatic amines is 1. The molecule has 8 heteroatoms. The van der Waals surface area contributed by atoms with Gasteiger partial charge in [-0.15, -0.1) is 0 Å². The van der Waals surface area contributed by atoms with Crippen molar-refractivity contribution >= 4 is 17.4 Å². The van der Waals surface area contributed by atoms with E-state index in [1.165, 1.54) is 12.3 Å². The second kappa shape index (κ2) is 6.02. The highest BCUT2D eigenvalue weighted by molar-refractivity contribution is 6.32. The van der Waals surface area contributed by atoms with Gasteiger partial charge < -0.3 is 15.2 Å². The average Bonchev–Trinajstić information content (AvgIpc) is 2.51. The Morgan fingerprint density at radius 1 is 1.50 bits per heavy atom. The third kappa shape index (κ3) is 2.82. The maximum absolute atomic E-state index is 13.3. The Kier molecular flexibility index (Phi) is 4.08. The molecule has 6 nitrogen and oxygen atoms in total. The highest BCUT2D eigenvalue weighted by Crippen LogP contribution is 2.25. The van der Waals surface area contributed by atoms with Gasteiger partial charge in [0.05, 0.1) is 0 Å². The highest BCUT2D eigenvalue weighted by Gasteiger charge is 2.24. The molecule has 22 heavy (non-hydrogen) atoms. The van der Waals surface area contributed by atoms with Gasteiger partial charge in [-0.3, -0.25) is 4.79 Å². The minimum atomic E-state index is -0.632. The van der Waals surface area contributed by atoms with Gasteiger partial charge in [-0.25, -0.2) is 9.97 Å². The number of nitrogens with one attached hydrogen (secondary N) is 2. The van der Waals surface area contributed by atoms with E-state index >= 15 is 0 Å². The van der Waals surface area contributed by atoms with Crippen molar-refractivity contribution in [2.45, 2.75) is 13.0 Å². The molecule has 0 unspecified atom stereocenters. The summed E-state index contributed by atoms with van der Waals surface area (Å²) in [6.45, 7) is 4.29. The Hall–Kier alpha value is -1.99.